The SMILES string of the molecule is c1ccc2c(c1)CNC2N1CCNC1. The molecule has 74 valence electrons. The van der Waals surface area contributed by atoms with Gasteiger partial charge in [-0.15, -0.1) is 0 Å². The van der Waals surface area contributed by atoms with Gasteiger partial charge in [-0.25, -0.2) is 0 Å². The van der Waals surface area contributed by atoms with Gasteiger partial charge < -0.3 is 5.32 Å². The van der Waals surface area contributed by atoms with E-state index in [4.69, 9.17) is 0 Å². The molecule has 0 saturated carbocycles. The number of hydrogen-bond acceptors (Lipinski definition) is 3. The fourth-order valence-electron chi connectivity index (χ4n) is 2.35. The van der Waals surface area contributed by atoms with Gasteiger partial charge in [-0.05, 0) is 11.1 Å². The lowest BCUT2D eigenvalue weighted by Crippen LogP contribution is -2.33. The maximum absolute atomic E-state index is 3.55. The largest absolute Gasteiger partial charge is 0.303 e. The Kier molecular flexibility index (Phi) is 2.01. The van der Waals surface area contributed by atoms with E-state index in [1.54, 1.807) is 0 Å². The number of benzene rings is 1. The molecule has 1 fully saturated rings. The second-order valence-corrected chi connectivity index (χ2v) is 3.95. The second-order valence-electron chi connectivity index (χ2n) is 3.95. The maximum atomic E-state index is 3.55. The molecule has 1 aromatic carbocycles. The van der Waals surface area contributed by atoms with Crippen molar-refractivity contribution in [2.45, 2.75) is 12.7 Å². The van der Waals surface area contributed by atoms with Crippen LogP contribution in [-0.2, 0) is 6.54 Å². The summed E-state index contributed by atoms with van der Waals surface area (Å²) in [6.07, 6.45) is 0.432. The zero-order valence-electron chi connectivity index (χ0n) is 8.16. The van der Waals surface area contributed by atoms with Gasteiger partial charge in [-0.3, -0.25) is 10.2 Å². The molecule has 0 amide bonds. The van der Waals surface area contributed by atoms with Gasteiger partial charge in [0.1, 0.15) is 0 Å². The van der Waals surface area contributed by atoms with Gasteiger partial charge in [-0.1, -0.05) is 24.3 Å². The highest BCUT2D eigenvalue weighted by Crippen LogP contribution is 2.27. The highest BCUT2D eigenvalue weighted by Gasteiger charge is 2.28. The van der Waals surface area contributed by atoms with Crippen LogP contribution in [0.4, 0.5) is 0 Å². The average molecular weight is 189 g/mol. The molecule has 3 nitrogen and oxygen atoms in total. The Morgan fingerprint density at radius 1 is 1.29 bits per heavy atom. The zero-order valence-corrected chi connectivity index (χ0v) is 8.16. The van der Waals surface area contributed by atoms with Crippen molar-refractivity contribution >= 4 is 0 Å². The van der Waals surface area contributed by atoms with Crippen molar-refractivity contribution in [2.24, 2.45) is 0 Å². The normalized spacial score (nSPS) is 26.7. The predicted octanol–water partition coefficient (Wildman–Crippen LogP) is 0.651. The molecular formula is C11H15N3. The number of nitrogens with zero attached hydrogens (tertiary/aromatic N) is 1. The Morgan fingerprint density at radius 3 is 3.07 bits per heavy atom. The van der Waals surface area contributed by atoms with Gasteiger partial charge in [0.25, 0.3) is 0 Å². The molecule has 0 aliphatic carbocycles. The highest BCUT2D eigenvalue weighted by molar-refractivity contribution is 5.33. The Morgan fingerprint density at radius 2 is 2.21 bits per heavy atom. The molecule has 1 saturated heterocycles. The summed E-state index contributed by atoms with van der Waals surface area (Å²) in [6.45, 7) is 4.27. The fourth-order valence-corrected chi connectivity index (χ4v) is 2.35. The lowest BCUT2D eigenvalue weighted by Gasteiger charge is -2.23. The molecule has 1 aromatic rings. The minimum Gasteiger partial charge on any atom is -0.303 e. The minimum absolute atomic E-state index is 0.432. The summed E-state index contributed by atoms with van der Waals surface area (Å²) >= 11 is 0. The molecule has 0 spiro atoms. The lowest BCUT2D eigenvalue weighted by molar-refractivity contribution is 0.216. The van der Waals surface area contributed by atoms with E-state index in [9.17, 15) is 0 Å². The summed E-state index contributed by atoms with van der Waals surface area (Å²) in [6, 6.07) is 8.69. The van der Waals surface area contributed by atoms with E-state index in [1.165, 1.54) is 11.1 Å². The van der Waals surface area contributed by atoms with E-state index in [2.05, 4.69) is 39.8 Å². The van der Waals surface area contributed by atoms with E-state index < -0.39 is 0 Å². The molecule has 3 rings (SSSR count). The van der Waals surface area contributed by atoms with Crippen molar-refractivity contribution in [2.75, 3.05) is 19.8 Å². The van der Waals surface area contributed by atoms with E-state index in [-0.39, 0.29) is 0 Å². The molecule has 2 heterocycles. The number of rotatable bonds is 1. The topological polar surface area (TPSA) is 27.3 Å². The molecule has 0 radical (unpaired) electrons. The van der Waals surface area contributed by atoms with Crippen molar-refractivity contribution in [3.8, 4) is 0 Å². The summed E-state index contributed by atoms with van der Waals surface area (Å²) < 4.78 is 0. The lowest BCUT2D eigenvalue weighted by atomic mass is 10.1. The molecule has 14 heavy (non-hydrogen) atoms. The first-order chi connectivity index (χ1) is 6.95. The molecule has 2 aliphatic rings. The third-order valence-electron chi connectivity index (χ3n) is 3.09. The van der Waals surface area contributed by atoms with Crippen LogP contribution in [0.15, 0.2) is 24.3 Å². The van der Waals surface area contributed by atoms with Gasteiger partial charge in [0.15, 0.2) is 0 Å². The first-order valence-corrected chi connectivity index (χ1v) is 5.21. The van der Waals surface area contributed by atoms with Crippen molar-refractivity contribution in [1.29, 1.82) is 0 Å². The number of nitrogens with one attached hydrogen (secondary N) is 2. The zero-order chi connectivity index (χ0) is 9.38. The monoisotopic (exact) mass is 189 g/mol. The van der Waals surface area contributed by atoms with Crippen LogP contribution in [0.1, 0.15) is 17.3 Å². The van der Waals surface area contributed by atoms with Gasteiger partial charge in [-0.2, -0.15) is 0 Å². The molecule has 1 unspecified atom stereocenters. The highest BCUT2D eigenvalue weighted by atomic mass is 15.4. The molecule has 3 heteroatoms. The van der Waals surface area contributed by atoms with Gasteiger partial charge in [0, 0.05) is 26.3 Å². The number of hydrogen-bond donors (Lipinski definition) is 2. The van der Waals surface area contributed by atoms with Crippen molar-refractivity contribution in [3.05, 3.63) is 35.4 Å². The summed E-state index contributed by atoms with van der Waals surface area (Å²) in [5.41, 5.74) is 2.90. The van der Waals surface area contributed by atoms with E-state index in [0.29, 0.717) is 6.17 Å². The van der Waals surface area contributed by atoms with Crippen LogP contribution in [0.25, 0.3) is 0 Å². The van der Waals surface area contributed by atoms with E-state index in [0.717, 1.165) is 26.3 Å². The Bertz CT molecular complexity index is 331. The van der Waals surface area contributed by atoms with Crippen molar-refractivity contribution < 1.29 is 0 Å². The molecule has 0 aromatic heterocycles. The fraction of sp³-hybridized carbons (Fsp3) is 0.455. The maximum Gasteiger partial charge on any atom is 0.0877 e. The average Bonchev–Trinajstić information content (AvgIpc) is 2.85. The Balaban J connectivity index is 1.89. The van der Waals surface area contributed by atoms with Crippen LogP contribution in [0.5, 0.6) is 0 Å². The molecule has 2 aliphatic heterocycles. The summed E-state index contributed by atoms with van der Waals surface area (Å²) in [4.78, 5) is 2.45. The van der Waals surface area contributed by atoms with Gasteiger partial charge in [0.05, 0.1) is 6.17 Å². The first kappa shape index (κ1) is 8.41. The third-order valence-corrected chi connectivity index (χ3v) is 3.09. The van der Waals surface area contributed by atoms with Crippen LogP contribution in [0, 0.1) is 0 Å². The number of fused-ring (bicyclic) bond motifs is 1. The van der Waals surface area contributed by atoms with Crippen LogP contribution < -0.4 is 10.6 Å². The smallest absolute Gasteiger partial charge is 0.0877 e. The molecule has 1 atom stereocenters. The molecular weight excluding hydrogens is 174 g/mol. The van der Waals surface area contributed by atoms with Gasteiger partial charge >= 0.3 is 0 Å². The second kappa shape index (κ2) is 3.35. The van der Waals surface area contributed by atoms with Crippen LogP contribution in [-0.4, -0.2) is 24.7 Å². The standard InChI is InChI=1S/C11H15N3/c1-2-4-10-9(3-1)7-13-11(10)14-6-5-12-8-14/h1-4,11-13H,5-8H2. The third kappa shape index (κ3) is 1.25. The Labute approximate surface area is 84.1 Å². The summed E-state index contributed by atoms with van der Waals surface area (Å²) in [5, 5.41) is 6.92. The van der Waals surface area contributed by atoms with Crippen LogP contribution >= 0.6 is 0 Å². The van der Waals surface area contributed by atoms with Crippen molar-refractivity contribution in [1.82, 2.24) is 15.5 Å². The van der Waals surface area contributed by atoms with E-state index in [1.807, 2.05) is 0 Å². The first-order valence-electron chi connectivity index (χ1n) is 5.21. The van der Waals surface area contributed by atoms with E-state index >= 15 is 0 Å². The van der Waals surface area contributed by atoms with Gasteiger partial charge in [0.2, 0.25) is 0 Å². The van der Waals surface area contributed by atoms with Crippen LogP contribution in [0.3, 0.4) is 0 Å². The molecule has 2 N–H and O–H groups in total. The Hall–Kier alpha value is -0.900. The predicted molar refractivity (Wildman–Crippen MR) is 55.6 cm³/mol. The summed E-state index contributed by atoms with van der Waals surface area (Å²) in [7, 11) is 0. The minimum atomic E-state index is 0.432. The summed E-state index contributed by atoms with van der Waals surface area (Å²) in [5.74, 6) is 0. The molecule has 0 bridgehead atoms. The van der Waals surface area contributed by atoms with Crippen molar-refractivity contribution in [3.63, 3.8) is 0 Å². The quantitative estimate of drug-likeness (QED) is 0.679. The van der Waals surface area contributed by atoms with Crippen LogP contribution in [0.2, 0.25) is 0 Å².